The molecule has 4 amide bonds. The predicted molar refractivity (Wildman–Crippen MR) is 132 cm³/mol. The summed E-state index contributed by atoms with van der Waals surface area (Å²) in [5.41, 5.74) is 0.220. The molecule has 3 aliphatic heterocycles. The van der Waals surface area contributed by atoms with Crippen LogP contribution in [0.15, 0.2) is 24.3 Å². The van der Waals surface area contributed by atoms with E-state index in [1.165, 1.54) is 11.9 Å². The van der Waals surface area contributed by atoms with Crippen LogP contribution in [0, 0.1) is 0 Å². The molecule has 0 bridgehead atoms. The van der Waals surface area contributed by atoms with E-state index in [1.54, 1.807) is 20.8 Å². The van der Waals surface area contributed by atoms with Gasteiger partial charge in [-0.3, -0.25) is 14.4 Å². The summed E-state index contributed by atoms with van der Waals surface area (Å²) in [4.78, 5) is 54.3. The van der Waals surface area contributed by atoms with Gasteiger partial charge in [0.15, 0.2) is 0 Å². The highest BCUT2D eigenvalue weighted by Gasteiger charge is 2.46. The van der Waals surface area contributed by atoms with Gasteiger partial charge in [0.1, 0.15) is 36.2 Å². The van der Waals surface area contributed by atoms with E-state index in [1.807, 2.05) is 24.3 Å². The maximum absolute atomic E-state index is 13.5. The van der Waals surface area contributed by atoms with E-state index in [9.17, 15) is 19.2 Å². The molecule has 11 nitrogen and oxygen atoms in total. The van der Waals surface area contributed by atoms with Crippen LogP contribution in [0.4, 0.5) is 4.79 Å². The number of nitrogens with zero attached hydrogens (tertiary/aromatic N) is 2. The van der Waals surface area contributed by atoms with Crippen LogP contribution >= 0.6 is 0 Å². The van der Waals surface area contributed by atoms with E-state index in [4.69, 9.17) is 14.2 Å². The average Bonchev–Trinajstić information content (AvgIpc) is 3.19. The van der Waals surface area contributed by atoms with Crippen molar-refractivity contribution in [2.24, 2.45) is 0 Å². The zero-order valence-electron chi connectivity index (χ0n) is 21.8. The normalized spacial score (nSPS) is 25.2. The number of carbonyl (C=O) groups is 4. The number of carbonyl (C=O) groups excluding carboxylic acids is 4. The lowest BCUT2D eigenvalue weighted by Gasteiger charge is -2.32. The van der Waals surface area contributed by atoms with E-state index < -0.39 is 35.9 Å². The lowest BCUT2D eigenvalue weighted by Crippen LogP contribution is -2.56. The number of ether oxygens (including phenoxy) is 3. The minimum atomic E-state index is -0.859. The maximum atomic E-state index is 13.5. The highest BCUT2D eigenvalue weighted by molar-refractivity contribution is 5.93. The molecule has 0 aliphatic carbocycles. The molecule has 202 valence electrons. The average molecular weight is 517 g/mol. The molecule has 0 radical (unpaired) electrons. The summed E-state index contributed by atoms with van der Waals surface area (Å²) in [5.74, 6) is -0.362. The third-order valence-electron chi connectivity index (χ3n) is 6.60. The Morgan fingerprint density at radius 2 is 1.78 bits per heavy atom. The SMILES string of the molecule is CN(CC(=O)NC1CCOC2CCC(C(=O)NC3CCOc4ccccc43)N2C1=O)C(=O)OC(C)(C)C. The number of amides is 4. The minimum absolute atomic E-state index is 0.210. The second-order valence-corrected chi connectivity index (χ2v) is 10.6. The molecule has 2 fully saturated rings. The molecule has 0 aromatic heterocycles. The standard InChI is InChI=1S/C26H36N4O7/c1-26(2,3)37-25(34)29(4)15-21(31)27-18-12-14-36-22-10-9-19(30(22)24(18)33)23(32)28-17-11-13-35-20-8-6-5-7-16(17)20/h5-8,17-19,22H,9-15H2,1-4H3,(H,27,31)(H,28,32). The van der Waals surface area contributed by atoms with Crippen molar-refractivity contribution in [3.63, 3.8) is 0 Å². The van der Waals surface area contributed by atoms with Crippen LogP contribution in [0.2, 0.25) is 0 Å². The predicted octanol–water partition coefficient (Wildman–Crippen LogP) is 1.72. The first-order valence-corrected chi connectivity index (χ1v) is 12.7. The molecular weight excluding hydrogens is 480 g/mol. The van der Waals surface area contributed by atoms with Crippen LogP contribution in [-0.2, 0) is 23.9 Å². The highest BCUT2D eigenvalue weighted by atomic mass is 16.6. The third kappa shape index (κ3) is 6.33. The fraction of sp³-hybridized carbons (Fsp3) is 0.615. The smallest absolute Gasteiger partial charge is 0.410 e. The summed E-state index contributed by atoms with van der Waals surface area (Å²) in [6.45, 7) is 5.71. The van der Waals surface area contributed by atoms with Crippen LogP contribution in [0.1, 0.15) is 58.1 Å². The highest BCUT2D eigenvalue weighted by Crippen LogP contribution is 2.33. The van der Waals surface area contributed by atoms with Crippen molar-refractivity contribution >= 4 is 23.8 Å². The van der Waals surface area contributed by atoms with E-state index in [0.717, 1.165) is 16.2 Å². The summed E-state index contributed by atoms with van der Waals surface area (Å²) >= 11 is 0. The molecular formula is C26H36N4O7. The van der Waals surface area contributed by atoms with Crippen molar-refractivity contribution in [1.29, 1.82) is 0 Å². The number of fused-ring (bicyclic) bond motifs is 2. The van der Waals surface area contributed by atoms with Crippen molar-refractivity contribution in [1.82, 2.24) is 20.4 Å². The van der Waals surface area contributed by atoms with Gasteiger partial charge in [0.25, 0.3) is 0 Å². The molecule has 4 unspecified atom stereocenters. The zero-order valence-corrected chi connectivity index (χ0v) is 21.8. The summed E-state index contributed by atoms with van der Waals surface area (Å²) < 4.78 is 16.8. The summed E-state index contributed by atoms with van der Waals surface area (Å²) in [7, 11) is 1.46. The van der Waals surface area contributed by atoms with Gasteiger partial charge in [-0.05, 0) is 39.7 Å². The fourth-order valence-corrected chi connectivity index (χ4v) is 4.87. The number of likely N-dealkylation sites (N-methyl/N-ethyl adjacent to an activating group) is 1. The largest absolute Gasteiger partial charge is 0.493 e. The number of hydrogen-bond acceptors (Lipinski definition) is 7. The van der Waals surface area contributed by atoms with E-state index in [-0.39, 0.29) is 37.4 Å². The van der Waals surface area contributed by atoms with Gasteiger partial charge < -0.3 is 34.6 Å². The van der Waals surface area contributed by atoms with Crippen molar-refractivity contribution in [3.05, 3.63) is 29.8 Å². The van der Waals surface area contributed by atoms with E-state index in [0.29, 0.717) is 25.9 Å². The topological polar surface area (TPSA) is 127 Å². The Balaban J connectivity index is 1.39. The third-order valence-corrected chi connectivity index (χ3v) is 6.60. The molecule has 1 aromatic rings. The monoisotopic (exact) mass is 516 g/mol. The van der Waals surface area contributed by atoms with Crippen LogP contribution in [-0.4, -0.2) is 84.3 Å². The Bertz CT molecular complexity index is 1040. The first-order valence-electron chi connectivity index (χ1n) is 12.7. The Labute approximate surface area is 216 Å². The Morgan fingerprint density at radius 3 is 2.54 bits per heavy atom. The van der Waals surface area contributed by atoms with E-state index >= 15 is 0 Å². The first kappa shape index (κ1) is 26.7. The summed E-state index contributed by atoms with van der Waals surface area (Å²) in [6, 6.07) is 5.82. The molecule has 4 rings (SSSR count). The van der Waals surface area contributed by atoms with Crippen molar-refractivity contribution in [3.8, 4) is 5.75 Å². The van der Waals surface area contributed by atoms with Crippen molar-refractivity contribution in [2.45, 2.75) is 76.4 Å². The van der Waals surface area contributed by atoms with Gasteiger partial charge in [-0.25, -0.2) is 4.79 Å². The van der Waals surface area contributed by atoms with Gasteiger partial charge in [0.05, 0.1) is 19.3 Å². The van der Waals surface area contributed by atoms with Crippen LogP contribution in [0.25, 0.3) is 0 Å². The fourth-order valence-electron chi connectivity index (χ4n) is 4.87. The molecule has 0 spiro atoms. The van der Waals surface area contributed by atoms with Gasteiger partial charge in [-0.15, -0.1) is 0 Å². The Hall–Kier alpha value is -3.34. The zero-order chi connectivity index (χ0) is 26.7. The van der Waals surface area contributed by atoms with Crippen LogP contribution < -0.4 is 15.4 Å². The number of rotatable bonds is 5. The van der Waals surface area contributed by atoms with Crippen molar-refractivity contribution in [2.75, 3.05) is 26.8 Å². The van der Waals surface area contributed by atoms with Gasteiger partial charge in [0, 0.05) is 25.5 Å². The van der Waals surface area contributed by atoms with Gasteiger partial charge in [-0.1, -0.05) is 18.2 Å². The van der Waals surface area contributed by atoms with Gasteiger partial charge >= 0.3 is 6.09 Å². The summed E-state index contributed by atoms with van der Waals surface area (Å²) in [6.07, 6.45) is 0.759. The lowest BCUT2D eigenvalue weighted by atomic mass is 10.00. The minimum Gasteiger partial charge on any atom is -0.493 e. The first-order chi connectivity index (χ1) is 17.5. The number of nitrogens with one attached hydrogen (secondary N) is 2. The maximum Gasteiger partial charge on any atom is 0.410 e. The molecule has 1 aromatic carbocycles. The molecule has 2 saturated heterocycles. The van der Waals surface area contributed by atoms with Gasteiger partial charge in [0.2, 0.25) is 17.7 Å². The lowest BCUT2D eigenvalue weighted by molar-refractivity contribution is -0.149. The molecule has 3 heterocycles. The number of para-hydroxylation sites is 1. The summed E-state index contributed by atoms with van der Waals surface area (Å²) in [5, 5.41) is 5.81. The molecule has 37 heavy (non-hydrogen) atoms. The molecule has 4 atom stereocenters. The molecule has 0 saturated carbocycles. The Kier molecular flexibility index (Phi) is 7.91. The molecule has 2 N–H and O–H groups in total. The Morgan fingerprint density at radius 1 is 1.05 bits per heavy atom. The number of benzene rings is 1. The van der Waals surface area contributed by atoms with E-state index in [2.05, 4.69) is 10.6 Å². The second-order valence-electron chi connectivity index (χ2n) is 10.6. The van der Waals surface area contributed by atoms with Gasteiger partial charge in [-0.2, -0.15) is 0 Å². The van der Waals surface area contributed by atoms with Crippen LogP contribution in [0.3, 0.4) is 0 Å². The van der Waals surface area contributed by atoms with Crippen molar-refractivity contribution < 1.29 is 33.4 Å². The number of hydrogen-bond donors (Lipinski definition) is 2. The second kappa shape index (κ2) is 11.0. The molecule has 3 aliphatic rings. The molecule has 11 heteroatoms. The quantitative estimate of drug-likeness (QED) is 0.610. The van der Waals surface area contributed by atoms with Crippen LogP contribution in [0.5, 0.6) is 5.75 Å².